The number of anilines is 1. The van der Waals surface area contributed by atoms with Crippen LogP contribution in [0.25, 0.3) is 0 Å². The number of carbonyl (C=O) groups excluding carboxylic acids is 1. The van der Waals surface area contributed by atoms with E-state index in [0.29, 0.717) is 18.1 Å². The first-order chi connectivity index (χ1) is 10.4. The van der Waals surface area contributed by atoms with Gasteiger partial charge < -0.3 is 5.32 Å². The predicted molar refractivity (Wildman–Crippen MR) is 89.1 cm³/mol. The fourth-order valence-corrected chi connectivity index (χ4v) is 2.55. The van der Waals surface area contributed by atoms with Gasteiger partial charge in [0.15, 0.2) is 0 Å². The highest BCUT2D eigenvalue weighted by Crippen LogP contribution is 2.19. The van der Waals surface area contributed by atoms with Crippen molar-refractivity contribution in [2.45, 2.75) is 20.4 Å². The molecule has 0 aliphatic rings. The van der Waals surface area contributed by atoms with Gasteiger partial charge in [-0.3, -0.25) is 14.4 Å². The standard InChI is InChI=1S/C16H21ClN4O/c1-11-16(12(2)21(4)19-11)18-15(22)10-20(3)9-13-7-5-6-8-14(13)17/h5-8H,9-10H2,1-4H3,(H,18,22). The van der Waals surface area contributed by atoms with Crippen LogP contribution in [-0.4, -0.2) is 34.2 Å². The summed E-state index contributed by atoms with van der Waals surface area (Å²) in [6.07, 6.45) is 0. The Morgan fingerprint density at radius 3 is 2.64 bits per heavy atom. The van der Waals surface area contributed by atoms with E-state index in [0.717, 1.165) is 22.6 Å². The maximum atomic E-state index is 12.2. The normalized spacial score (nSPS) is 11.0. The zero-order valence-electron chi connectivity index (χ0n) is 13.4. The molecule has 2 aromatic rings. The Labute approximate surface area is 135 Å². The first-order valence-electron chi connectivity index (χ1n) is 7.10. The predicted octanol–water partition coefficient (Wildman–Crippen LogP) is 2.76. The van der Waals surface area contributed by atoms with Crippen LogP contribution in [0.5, 0.6) is 0 Å². The van der Waals surface area contributed by atoms with Gasteiger partial charge in [-0.2, -0.15) is 5.10 Å². The number of aryl methyl sites for hydroxylation is 2. The van der Waals surface area contributed by atoms with Crippen LogP contribution < -0.4 is 5.32 Å². The third kappa shape index (κ3) is 3.87. The molecule has 0 saturated heterocycles. The average molecular weight is 321 g/mol. The molecule has 1 amide bonds. The number of benzene rings is 1. The first kappa shape index (κ1) is 16.5. The maximum absolute atomic E-state index is 12.2. The molecule has 0 aliphatic carbocycles. The van der Waals surface area contributed by atoms with E-state index in [1.54, 1.807) is 4.68 Å². The molecule has 1 heterocycles. The molecule has 2 rings (SSSR count). The fourth-order valence-electron chi connectivity index (χ4n) is 2.35. The zero-order chi connectivity index (χ0) is 16.3. The summed E-state index contributed by atoms with van der Waals surface area (Å²) in [7, 11) is 3.76. The Balaban J connectivity index is 1.96. The Morgan fingerprint density at radius 1 is 1.36 bits per heavy atom. The molecule has 0 unspecified atom stereocenters. The van der Waals surface area contributed by atoms with Crippen molar-refractivity contribution in [3.8, 4) is 0 Å². The van der Waals surface area contributed by atoms with Crippen LogP contribution >= 0.6 is 11.6 Å². The summed E-state index contributed by atoms with van der Waals surface area (Å²) in [4.78, 5) is 14.1. The molecule has 0 fully saturated rings. The van der Waals surface area contributed by atoms with E-state index in [-0.39, 0.29) is 5.91 Å². The van der Waals surface area contributed by atoms with E-state index in [2.05, 4.69) is 10.4 Å². The van der Waals surface area contributed by atoms with Gasteiger partial charge in [-0.15, -0.1) is 0 Å². The third-order valence-electron chi connectivity index (χ3n) is 3.59. The van der Waals surface area contributed by atoms with Crippen LogP contribution in [0.15, 0.2) is 24.3 Å². The van der Waals surface area contributed by atoms with Crippen molar-refractivity contribution in [3.05, 3.63) is 46.2 Å². The summed E-state index contributed by atoms with van der Waals surface area (Å²) >= 11 is 6.14. The van der Waals surface area contributed by atoms with Gasteiger partial charge in [-0.25, -0.2) is 0 Å². The van der Waals surface area contributed by atoms with E-state index in [4.69, 9.17) is 11.6 Å². The number of rotatable bonds is 5. The van der Waals surface area contributed by atoms with E-state index < -0.39 is 0 Å². The van der Waals surface area contributed by atoms with Gasteiger partial charge in [0.25, 0.3) is 0 Å². The summed E-state index contributed by atoms with van der Waals surface area (Å²) in [6, 6.07) is 7.66. The highest BCUT2D eigenvalue weighted by Gasteiger charge is 2.14. The van der Waals surface area contributed by atoms with Crippen LogP contribution in [0.1, 0.15) is 17.0 Å². The number of halogens is 1. The molecule has 0 radical (unpaired) electrons. The minimum Gasteiger partial charge on any atom is -0.322 e. The number of aromatic nitrogens is 2. The molecule has 1 aromatic carbocycles. The van der Waals surface area contributed by atoms with Crippen molar-refractivity contribution in [2.24, 2.45) is 7.05 Å². The van der Waals surface area contributed by atoms with Crippen LogP contribution in [0.4, 0.5) is 5.69 Å². The maximum Gasteiger partial charge on any atom is 0.238 e. The molecule has 5 nitrogen and oxygen atoms in total. The van der Waals surface area contributed by atoms with Crippen molar-refractivity contribution < 1.29 is 4.79 Å². The molecule has 0 bridgehead atoms. The number of likely N-dealkylation sites (N-methyl/N-ethyl adjacent to an activating group) is 1. The Morgan fingerprint density at radius 2 is 2.05 bits per heavy atom. The highest BCUT2D eigenvalue weighted by molar-refractivity contribution is 6.31. The van der Waals surface area contributed by atoms with E-state index in [1.165, 1.54) is 0 Å². The SMILES string of the molecule is Cc1nn(C)c(C)c1NC(=O)CN(C)Cc1ccccc1Cl. The molecular weight excluding hydrogens is 300 g/mol. The minimum absolute atomic E-state index is 0.0613. The Bertz CT molecular complexity index is 681. The number of amides is 1. The van der Waals surface area contributed by atoms with Gasteiger partial charge in [-0.05, 0) is 32.5 Å². The number of hydrogen-bond acceptors (Lipinski definition) is 3. The van der Waals surface area contributed by atoms with Crippen molar-refractivity contribution in [1.82, 2.24) is 14.7 Å². The molecule has 0 saturated carbocycles. The summed E-state index contributed by atoms with van der Waals surface area (Å²) in [5.74, 6) is -0.0613. The van der Waals surface area contributed by atoms with Gasteiger partial charge in [0.1, 0.15) is 0 Å². The Hall–Kier alpha value is -1.85. The van der Waals surface area contributed by atoms with Crippen molar-refractivity contribution in [2.75, 3.05) is 18.9 Å². The number of nitrogens with one attached hydrogen (secondary N) is 1. The molecule has 1 aromatic heterocycles. The smallest absolute Gasteiger partial charge is 0.238 e. The molecule has 0 spiro atoms. The lowest BCUT2D eigenvalue weighted by Gasteiger charge is -2.17. The van der Waals surface area contributed by atoms with E-state index in [9.17, 15) is 4.79 Å². The summed E-state index contributed by atoms with van der Waals surface area (Å²) < 4.78 is 1.76. The van der Waals surface area contributed by atoms with Gasteiger partial charge in [-0.1, -0.05) is 29.8 Å². The molecule has 1 N–H and O–H groups in total. The summed E-state index contributed by atoms with van der Waals surface area (Å²) in [5, 5.41) is 7.94. The molecule has 118 valence electrons. The van der Waals surface area contributed by atoms with Crippen LogP contribution in [-0.2, 0) is 18.4 Å². The molecule has 0 aliphatic heterocycles. The average Bonchev–Trinajstić information content (AvgIpc) is 2.68. The lowest BCUT2D eigenvalue weighted by Crippen LogP contribution is -2.30. The lowest BCUT2D eigenvalue weighted by atomic mass is 10.2. The van der Waals surface area contributed by atoms with E-state index in [1.807, 2.05) is 57.1 Å². The van der Waals surface area contributed by atoms with Crippen LogP contribution in [0.2, 0.25) is 5.02 Å². The molecule has 6 heteroatoms. The molecular formula is C16H21ClN4O. The first-order valence-corrected chi connectivity index (χ1v) is 7.48. The van der Waals surface area contributed by atoms with E-state index >= 15 is 0 Å². The lowest BCUT2D eigenvalue weighted by molar-refractivity contribution is -0.117. The summed E-state index contributed by atoms with van der Waals surface area (Å²) in [5.41, 5.74) is 3.56. The van der Waals surface area contributed by atoms with Crippen molar-refractivity contribution >= 4 is 23.2 Å². The highest BCUT2D eigenvalue weighted by atomic mass is 35.5. The second-order valence-corrected chi connectivity index (χ2v) is 5.89. The third-order valence-corrected chi connectivity index (χ3v) is 3.95. The van der Waals surface area contributed by atoms with Crippen molar-refractivity contribution in [3.63, 3.8) is 0 Å². The number of hydrogen-bond donors (Lipinski definition) is 1. The quantitative estimate of drug-likeness (QED) is 0.921. The van der Waals surface area contributed by atoms with Gasteiger partial charge in [0.2, 0.25) is 5.91 Å². The topological polar surface area (TPSA) is 50.2 Å². The second-order valence-electron chi connectivity index (χ2n) is 5.48. The monoisotopic (exact) mass is 320 g/mol. The summed E-state index contributed by atoms with van der Waals surface area (Å²) in [6.45, 7) is 4.73. The second kappa shape index (κ2) is 6.94. The Kier molecular flexibility index (Phi) is 5.21. The molecule has 22 heavy (non-hydrogen) atoms. The minimum atomic E-state index is -0.0613. The largest absolute Gasteiger partial charge is 0.322 e. The van der Waals surface area contributed by atoms with Crippen molar-refractivity contribution in [1.29, 1.82) is 0 Å². The van der Waals surface area contributed by atoms with Crippen LogP contribution in [0, 0.1) is 13.8 Å². The molecule has 0 atom stereocenters. The fraction of sp³-hybridized carbons (Fsp3) is 0.375. The van der Waals surface area contributed by atoms with Crippen LogP contribution in [0.3, 0.4) is 0 Å². The van der Waals surface area contributed by atoms with Gasteiger partial charge in [0.05, 0.1) is 23.6 Å². The number of carbonyl (C=O) groups is 1. The van der Waals surface area contributed by atoms with Gasteiger partial charge >= 0.3 is 0 Å². The zero-order valence-corrected chi connectivity index (χ0v) is 14.1. The number of nitrogens with zero attached hydrogens (tertiary/aromatic N) is 3. The van der Waals surface area contributed by atoms with Gasteiger partial charge in [0, 0.05) is 18.6 Å².